The monoisotopic (exact) mass is 240 g/mol. The van der Waals surface area contributed by atoms with Gasteiger partial charge in [0.15, 0.2) is 0 Å². The molecular weight excluding hydrogens is 220 g/mol. The highest BCUT2D eigenvalue weighted by Gasteiger charge is 2.06. The van der Waals surface area contributed by atoms with Crippen LogP contribution in [0, 0.1) is 6.92 Å². The van der Waals surface area contributed by atoms with E-state index in [1.165, 1.54) is 5.56 Å². The first-order valence-electron chi connectivity index (χ1n) is 5.63. The third-order valence-electron chi connectivity index (χ3n) is 2.55. The molecule has 16 heavy (non-hydrogen) atoms. The van der Waals surface area contributed by atoms with E-state index in [4.69, 9.17) is 11.6 Å². The molecule has 0 saturated carbocycles. The van der Waals surface area contributed by atoms with Gasteiger partial charge in [0.2, 0.25) is 0 Å². The molecule has 0 bridgehead atoms. The van der Waals surface area contributed by atoms with Crippen molar-refractivity contribution in [2.24, 2.45) is 0 Å². The predicted octanol–water partition coefficient (Wildman–Crippen LogP) is 2.69. The number of benzene rings is 1. The van der Waals surface area contributed by atoms with Crippen LogP contribution in [0.2, 0.25) is 5.02 Å². The molecule has 0 aliphatic rings. The molecule has 1 atom stereocenters. The first-order valence-corrected chi connectivity index (χ1v) is 6.00. The van der Waals surface area contributed by atoms with Crippen molar-refractivity contribution in [2.75, 3.05) is 20.6 Å². The molecule has 1 rings (SSSR count). The fourth-order valence-electron chi connectivity index (χ4n) is 1.74. The van der Waals surface area contributed by atoms with E-state index in [9.17, 15) is 0 Å². The summed E-state index contributed by atoms with van der Waals surface area (Å²) in [6, 6.07) is 6.63. The summed E-state index contributed by atoms with van der Waals surface area (Å²) in [5.41, 5.74) is 2.31. The molecule has 2 nitrogen and oxygen atoms in total. The molecule has 3 heteroatoms. The standard InChI is InChI=1S/C13H21ClN2/c1-10-6-5-7-12(13(10)14)8-15-11(2)9-16(3)4/h5-7,11,15H,8-9H2,1-4H3. The molecule has 90 valence electrons. The van der Waals surface area contributed by atoms with Crippen LogP contribution < -0.4 is 5.32 Å². The Morgan fingerprint density at radius 3 is 2.69 bits per heavy atom. The van der Waals surface area contributed by atoms with Crippen molar-refractivity contribution in [1.82, 2.24) is 10.2 Å². The highest BCUT2D eigenvalue weighted by molar-refractivity contribution is 6.32. The third-order valence-corrected chi connectivity index (χ3v) is 3.09. The van der Waals surface area contributed by atoms with Gasteiger partial charge in [-0.05, 0) is 39.1 Å². The van der Waals surface area contributed by atoms with Gasteiger partial charge in [0.05, 0.1) is 0 Å². The van der Waals surface area contributed by atoms with Gasteiger partial charge in [-0.15, -0.1) is 0 Å². The van der Waals surface area contributed by atoms with Crippen LogP contribution in [-0.4, -0.2) is 31.6 Å². The van der Waals surface area contributed by atoms with Crippen LogP contribution in [-0.2, 0) is 6.54 Å². The number of likely N-dealkylation sites (N-methyl/N-ethyl adjacent to an activating group) is 1. The van der Waals surface area contributed by atoms with E-state index in [2.05, 4.69) is 43.4 Å². The lowest BCUT2D eigenvalue weighted by Gasteiger charge is -2.18. The lowest BCUT2D eigenvalue weighted by molar-refractivity contribution is 0.349. The minimum atomic E-state index is 0.464. The highest BCUT2D eigenvalue weighted by atomic mass is 35.5. The van der Waals surface area contributed by atoms with E-state index in [-0.39, 0.29) is 0 Å². The second-order valence-electron chi connectivity index (χ2n) is 4.59. The van der Waals surface area contributed by atoms with Gasteiger partial charge in [-0.25, -0.2) is 0 Å². The number of nitrogens with zero attached hydrogens (tertiary/aromatic N) is 1. The fourth-order valence-corrected chi connectivity index (χ4v) is 1.93. The Morgan fingerprint density at radius 1 is 1.38 bits per heavy atom. The van der Waals surface area contributed by atoms with Gasteiger partial charge in [-0.2, -0.15) is 0 Å². The first-order chi connectivity index (χ1) is 7.50. The minimum Gasteiger partial charge on any atom is -0.309 e. The summed E-state index contributed by atoms with van der Waals surface area (Å²) in [6.45, 7) is 6.08. The van der Waals surface area contributed by atoms with Crippen LogP contribution in [0.15, 0.2) is 18.2 Å². The van der Waals surface area contributed by atoms with Crippen molar-refractivity contribution in [1.29, 1.82) is 0 Å². The summed E-state index contributed by atoms with van der Waals surface area (Å²) in [5, 5.41) is 4.35. The van der Waals surface area contributed by atoms with Gasteiger partial charge in [0.1, 0.15) is 0 Å². The van der Waals surface area contributed by atoms with Crippen LogP contribution in [0.1, 0.15) is 18.1 Å². The van der Waals surface area contributed by atoms with Crippen molar-refractivity contribution in [3.63, 3.8) is 0 Å². The van der Waals surface area contributed by atoms with E-state index in [0.29, 0.717) is 6.04 Å². The molecule has 1 aromatic carbocycles. The van der Waals surface area contributed by atoms with Crippen LogP contribution in [0.3, 0.4) is 0 Å². The second kappa shape index (κ2) is 6.24. The molecule has 0 fully saturated rings. The SMILES string of the molecule is Cc1cccc(CNC(C)CN(C)C)c1Cl. The van der Waals surface area contributed by atoms with E-state index in [1.54, 1.807) is 0 Å². The largest absolute Gasteiger partial charge is 0.309 e. The third kappa shape index (κ3) is 4.12. The van der Waals surface area contributed by atoms with Crippen LogP contribution in [0.25, 0.3) is 0 Å². The Labute approximate surface area is 104 Å². The summed E-state index contributed by atoms with van der Waals surface area (Å²) in [6.07, 6.45) is 0. The van der Waals surface area contributed by atoms with E-state index < -0.39 is 0 Å². The Bertz CT molecular complexity index is 337. The summed E-state index contributed by atoms with van der Waals surface area (Å²) in [4.78, 5) is 2.18. The van der Waals surface area contributed by atoms with E-state index >= 15 is 0 Å². The zero-order valence-electron chi connectivity index (χ0n) is 10.5. The molecule has 1 N–H and O–H groups in total. The van der Waals surface area contributed by atoms with Gasteiger partial charge < -0.3 is 10.2 Å². The molecule has 1 unspecified atom stereocenters. The molecule has 0 saturated heterocycles. The molecule has 0 aromatic heterocycles. The van der Waals surface area contributed by atoms with Crippen LogP contribution in [0.4, 0.5) is 0 Å². The van der Waals surface area contributed by atoms with Gasteiger partial charge in [-0.3, -0.25) is 0 Å². The van der Waals surface area contributed by atoms with Crippen molar-refractivity contribution in [3.05, 3.63) is 34.3 Å². The highest BCUT2D eigenvalue weighted by Crippen LogP contribution is 2.19. The maximum absolute atomic E-state index is 6.23. The van der Waals surface area contributed by atoms with Crippen molar-refractivity contribution >= 4 is 11.6 Å². The number of hydrogen-bond donors (Lipinski definition) is 1. The molecular formula is C13H21ClN2. The number of halogens is 1. The van der Waals surface area contributed by atoms with E-state index in [0.717, 1.165) is 23.7 Å². The maximum Gasteiger partial charge on any atom is 0.0480 e. The normalized spacial score (nSPS) is 13.1. The Balaban J connectivity index is 2.51. The quantitative estimate of drug-likeness (QED) is 0.852. The lowest BCUT2D eigenvalue weighted by Crippen LogP contribution is -2.35. The average Bonchev–Trinajstić information content (AvgIpc) is 2.19. The molecule has 0 aliphatic heterocycles. The molecule has 0 amide bonds. The fraction of sp³-hybridized carbons (Fsp3) is 0.538. The number of aryl methyl sites for hydroxylation is 1. The van der Waals surface area contributed by atoms with Gasteiger partial charge in [0.25, 0.3) is 0 Å². The van der Waals surface area contributed by atoms with Crippen LogP contribution in [0.5, 0.6) is 0 Å². The Morgan fingerprint density at radius 2 is 2.06 bits per heavy atom. The molecule has 0 radical (unpaired) electrons. The number of nitrogens with one attached hydrogen (secondary N) is 1. The van der Waals surface area contributed by atoms with Crippen LogP contribution >= 0.6 is 11.6 Å². The summed E-state index contributed by atoms with van der Waals surface area (Å²) >= 11 is 6.23. The Hall–Kier alpha value is -0.570. The smallest absolute Gasteiger partial charge is 0.0480 e. The van der Waals surface area contributed by atoms with E-state index in [1.807, 2.05) is 13.0 Å². The Kier molecular flexibility index (Phi) is 5.26. The molecule has 0 spiro atoms. The topological polar surface area (TPSA) is 15.3 Å². The minimum absolute atomic E-state index is 0.464. The number of rotatable bonds is 5. The lowest BCUT2D eigenvalue weighted by atomic mass is 10.1. The van der Waals surface area contributed by atoms with Gasteiger partial charge in [-0.1, -0.05) is 29.8 Å². The van der Waals surface area contributed by atoms with Gasteiger partial charge in [0, 0.05) is 24.2 Å². The first kappa shape index (κ1) is 13.5. The molecule has 0 heterocycles. The van der Waals surface area contributed by atoms with Crippen molar-refractivity contribution in [2.45, 2.75) is 26.4 Å². The molecule has 1 aromatic rings. The zero-order chi connectivity index (χ0) is 12.1. The maximum atomic E-state index is 6.23. The number of hydrogen-bond acceptors (Lipinski definition) is 2. The summed E-state index contributed by atoms with van der Waals surface area (Å²) in [5.74, 6) is 0. The zero-order valence-corrected chi connectivity index (χ0v) is 11.3. The average molecular weight is 241 g/mol. The van der Waals surface area contributed by atoms with Gasteiger partial charge >= 0.3 is 0 Å². The predicted molar refractivity (Wildman–Crippen MR) is 71.0 cm³/mol. The second-order valence-corrected chi connectivity index (χ2v) is 4.97. The summed E-state index contributed by atoms with van der Waals surface area (Å²) in [7, 11) is 4.16. The van der Waals surface area contributed by atoms with Crippen molar-refractivity contribution in [3.8, 4) is 0 Å². The van der Waals surface area contributed by atoms with Crippen molar-refractivity contribution < 1.29 is 0 Å². The summed E-state index contributed by atoms with van der Waals surface area (Å²) < 4.78 is 0. The molecule has 0 aliphatic carbocycles.